The lowest BCUT2D eigenvalue weighted by atomic mass is 10.0. The van der Waals surface area contributed by atoms with Gasteiger partial charge in [0.15, 0.2) is 0 Å². The van der Waals surface area contributed by atoms with Crippen LogP contribution in [0.25, 0.3) is 0 Å². The Balaban J connectivity index is 2.18. The van der Waals surface area contributed by atoms with Crippen molar-refractivity contribution in [1.29, 1.82) is 0 Å². The van der Waals surface area contributed by atoms with Crippen LogP contribution in [0.2, 0.25) is 0 Å². The summed E-state index contributed by atoms with van der Waals surface area (Å²) in [6, 6.07) is 2.80. The number of aliphatic hydroxyl groups is 1. The van der Waals surface area contributed by atoms with Gasteiger partial charge in [0.1, 0.15) is 5.69 Å². The number of likely N-dealkylation sites (tertiary alicyclic amines) is 1. The first-order valence-corrected chi connectivity index (χ1v) is 7.12. The Hall–Kier alpha value is -1.69. The molecule has 1 fully saturated rings. The molecule has 2 unspecified atom stereocenters. The third-order valence-corrected chi connectivity index (χ3v) is 3.65. The minimum atomic E-state index is -0.433. The van der Waals surface area contributed by atoms with E-state index >= 15 is 0 Å². The van der Waals surface area contributed by atoms with Crippen molar-refractivity contribution in [2.45, 2.75) is 51.2 Å². The topological polar surface area (TPSA) is 86.3 Å². The molecule has 2 rings (SSSR count). The lowest BCUT2D eigenvalue weighted by molar-refractivity contribution is 0.0600. The van der Waals surface area contributed by atoms with Crippen LogP contribution in [0.15, 0.2) is 16.9 Å². The van der Waals surface area contributed by atoms with Crippen molar-refractivity contribution in [3.05, 3.63) is 28.2 Å². The second-order valence-corrected chi connectivity index (χ2v) is 5.39. The average Bonchev–Trinajstić information content (AvgIpc) is 2.63. The van der Waals surface area contributed by atoms with E-state index in [1.54, 1.807) is 11.8 Å². The van der Waals surface area contributed by atoms with Crippen LogP contribution in [0.1, 0.15) is 49.5 Å². The van der Waals surface area contributed by atoms with Gasteiger partial charge in [0, 0.05) is 18.7 Å². The molecule has 0 aromatic carbocycles. The van der Waals surface area contributed by atoms with Crippen molar-refractivity contribution in [3.8, 4) is 0 Å². The maximum absolute atomic E-state index is 12.5. The molecule has 6 nitrogen and oxygen atoms in total. The number of carbonyl (C=O) groups excluding carboxylic acids is 1. The average molecular weight is 279 g/mol. The Bertz CT molecular complexity index is 492. The molecule has 20 heavy (non-hydrogen) atoms. The van der Waals surface area contributed by atoms with E-state index in [0.29, 0.717) is 13.0 Å². The zero-order chi connectivity index (χ0) is 14.5. The Kier molecular flexibility index (Phi) is 4.89. The number of nitrogens with zero attached hydrogens (tertiary/aromatic N) is 2. The van der Waals surface area contributed by atoms with Gasteiger partial charge in [-0.15, -0.1) is 0 Å². The quantitative estimate of drug-likeness (QED) is 0.861. The van der Waals surface area contributed by atoms with Crippen LogP contribution < -0.4 is 5.56 Å². The lowest BCUT2D eigenvalue weighted by Crippen LogP contribution is -2.42. The summed E-state index contributed by atoms with van der Waals surface area (Å²) >= 11 is 0. The number of amides is 1. The molecule has 2 N–H and O–H groups in total. The first-order chi connectivity index (χ1) is 9.58. The molecule has 2 atom stereocenters. The number of aromatic amines is 1. The summed E-state index contributed by atoms with van der Waals surface area (Å²) in [5.74, 6) is -0.172. The number of hydrogen-bond acceptors (Lipinski definition) is 4. The maximum Gasteiger partial charge on any atom is 0.274 e. The predicted molar refractivity (Wildman–Crippen MR) is 74.4 cm³/mol. The molecular weight excluding hydrogens is 258 g/mol. The third-order valence-electron chi connectivity index (χ3n) is 3.65. The number of nitrogens with one attached hydrogen (secondary N) is 1. The molecular formula is C14H21N3O3. The molecule has 1 amide bonds. The zero-order valence-corrected chi connectivity index (χ0v) is 11.7. The molecule has 1 aliphatic heterocycles. The van der Waals surface area contributed by atoms with E-state index in [4.69, 9.17) is 0 Å². The lowest BCUT2D eigenvalue weighted by Gasteiger charge is -2.30. The van der Waals surface area contributed by atoms with Gasteiger partial charge < -0.3 is 10.0 Å². The molecule has 1 aliphatic rings. The Labute approximate surface area is 117 Å². The molecule has 0 saturated carbocycles. The van der Waals surface area contributed by atoms with Crippen LogP contribution in [-0.4, -0.2) is 44.8 Å². The van der Waals surface area contributed by atoms with Crippen LogP contribution in [0.5, 0.6) is 0 Å². The number of rotatable bonds is 3. The molecule has 110 valence electrons. The normalized spacial score (nSPS) is 21.3. The van der Waals surface area contributed by atoms with Crippen molar-refractivity contribution in [2.24, 2.45) is 0 Å². The van der Waals surface area contributed by atoms with Gasteiger partial charge in [0.2, 0.25) is 0 Å². The van der Waals surface area contributed by atoms with Gasteiger partial charge in [-0.05, 0) is 32.3 Å². The van der Waals surface area contributed by atoms with E-state index in [2.05, 4.69) is 10.2 Å². The van der Waals surface area contributed by atoms with Crippen molar-refractivity contribution in [3.63, 3.8) is 0 Å². The van der Waals surface area contributed by atoms with Crippen LogP contribution in [0.4, 0.5) is 0 Å². The summed E-state index contributed by atoms with van der Waals surface area (Å²) in [7, 11) is 0. The molecule has 6 heteroatoms. The van der Waals surface area contributed by atoms with Crippen LogP contribution >= 0.6 is 0 Å². The van der Waals surface area contributed by atoms with Crippen LogP contribution in [-0.2, 0) is 0 Å². The molecule has 1 aromatic heterocycles. The van der Waals surface area contributed by atoms with Gasteiger partial charge in [-0.25, -0.2) is 5.10 Å². The SMILES string of the molecule is CC(O)CC1CCCCCN1C(=O)c1ccc(=O)[nH]n1. The first kappa shape index (κ1) is 14.7. The minimum absolute atomic E-state index is 0.0405. The van der Waals surface area contributed by atoms with E-state index < -0.39 is 6.10 Å². The second kappa shape index (κ2) is 6.65. The van der Waals surface area contributed by atoms with E-state index in [9.17, 15) is 14.7 Å². The largest absolute Gasteiger partial charge is 0.393 e. The van der Waals surface area contributed by atoms with Crippen molar-refractivity contribution < 1.29 is 9.90 Å². The highest BCUT2D eigenvalue weighted by Gasteiger charge is 2.27. The molecule has 0 aliphatic carbocycles. The molecule has 1 aromatic rings. The maximum atomic E-state index is 12.5. The smallest absolute Gasteiger partial charge is 0.274 e. The Morgan fingerprint density at radius 3 is 2.95 bits per heavy atom. The van der Waals surface area contributed by atoms with Crippen molar-refractivity contribution in [2.75, 3.05) is 6.54 Å². The monoisotopic (exact) mass is 279 g/mol. The minimum Gasteiger partial charge on any atom is -0.393 e. The fraction of sp³-hybridized carbons (Fsp3) is 0.643. The first-order valence-electron chi connectivity index (χ1n) is 7.12. The van der Waals surface area contributed by atoms with Crippen LogP contribution in [0.3, 0.4) is 0 Å². The predicted octanol–water partition coefficient (Wildman–Crippen LogP) is 0.926. The molecule has 2 heterocycles. The van der Waals surface area contributed by atoms with Crippen molar-refractivity contribution in [1.82, 2.24) is 15.1 Å². The highest BCUT2D eigenvalue weighted by atomic mass is 16.3. The van der Waals surface area contributed by atoms with Crippen LogP contribution in [0, 0.1) is 0 Å². The summed E-state index contributed by atoms with van der Waals surface area (Å²) in [6.07, 6.45) is 4.18. The summed E-state index contributed by atoms with van der Waals surface area (Å²) < 4.78 is 0. The fourth-order valence-electron chi connectivity index (χ4n) is 2.69. The Morgan fingerprint density at radius 1 is 1.50 bits per heavy atom. The zero-order valence-electron chi connectivity index (χ0n) is 11.7. The third kappa shape index (κ3) is 3.66. The van der Waals surface area contributed by atoms with Gasteiger partial charge >= 0.3 is 0 Å². The summed E-state index contributed by atoms with van der Waals surface area (Å²) in [4.78, 5) is 25.3. The fourth-order valence-corrected chi connectivity index (χ4v) is 2.69. The molecule has 1 saturated heterocycles. The number of carbonyl (C=O) groups is 1. The molecule has 0 spiro atoms. The van der Waals surface area contributed by atoms with E-state index in [1.165, 1.54) is 12.1 Å². The molecule has 0 radical (unpaired) electrons. The number of aromatic nitrogens is 2. The second-order valence-electron chi connectivity index (χ2n) is 5.39. The van der Waals surface area contributed by atoms with Gasteiger partial charge in [0.05, 0.1) is 6.10 Å². The van der Waals surface area contributed by atoms with E-state index in [-0.39, 0.29) is 23.2 Å². The van der Waals surface area contributed by atoms with Gasteiger partial charge in [-0.2, -0.15) is 5.10 Å². The van der Waals surface area contributed by atoms with Gasteiger partial charge in [-0.1, -0.05) is 12.8 Å². The highest BCUT2D eigenvalue weighted by molar-refractivity contribution is 5.92. The van der Waals surface area contributed by atoms with E-state index in [0.717, 1.165) is 25.7 Å². The van der Waals surface area contributed by atoms with Crippen molar-refractivity contribution >= 4 is 5.91 Å². The summed E-state index contributed by atoms with van der Waals surface area (Å²) in [5, 5.41) is 15.7. The van der Waals surface area contributed by atoms with Gasteiger partial charge in [-0.3, -0.25) is 9.59 Å². The standard InChI is InChI=1S/C14H21N3O3/c1-10(18)9-11-5-3-2-4-8-17(11)14(20)12-6-7-13(19)16-15-12/h6-7,10-11,18H,2-5,8-9H2,1H3,(H,16,19). The molecule has 0 bridgehead atoms. The van der Waals surface area contributed by atoms with E-state index in [1.807, 2.05) is 0 Å². The number of aliphatic hydroxyl groups excluding tert-OH is 1. The number of hydrogen-bond donors (Lipinski definition) is 2. The highest BCUT2D eigenvalue weighted by Crippen LogP contribution is 2.22. The van der Waals surface area contributed by atoms with Gasteiger partial charge in [0.25, 0.3) is 11.5 Å². The Morgan fingerprint density at radius 2 is 2.30 bits per heavy atom. The number of H-pyrrole nitrogens is 1. The summed E-state index contributed by atoms with van der Waals surface area (Å²) in [6.45, 7) is 2.42. The summed E-state index contributed by atoms with van der Waals surface area (Å²) in [5.41, 5.74) is -0.0694.